The molecule has 1 aliphatic carbocycles. The Labute approximate surface area is 139 Å². The van der Waals surface area contributed by atoms with Crippen LogP contribution in [0.2, 0.25) is 0 Å². The molecule has 23 heavy (non-hydrogen) atoms. The number of carbonyl (C=O) groups excluding carboxylic acids is 1. The van der Waals surface area contributed by atoms with Crippen LogP contribution in [0.15, 0.2) is 35.7 Å². The molecule has 2 amide bonds. The molecule has 1 aromatic heterocycles. The smallest absolute Gasteiger partial charge is 0.315 e. The minimum absolute atomic E-state index is 0.139. The number of nitrogens with zero attached hydrogens (tertiary/aromatic N) is 1. The Morgan fingerprint density at radius 1 is 1.26 bits per heavy atom. The Hall–Kier alpha value is -1.92. The van der Waals surface area contributed by atoms with E-state index in [1.807, 2.05) is 35.7 Å². The minimum atomic E-state index is -0.431. The molecule has 5 nitrogen and oxygen atoms in total. The Kier molecular flexibility index (Phi) is 5.25. The van der Waals surface area contributed by atoms with Crippen LogP contribution in [0, 0.1) is 0 Å². The maximum Gasteiger partial charge on any atom is 0.315 e. The first-order valence-corrected chi connectivity index (χ1v) is 8.82. The lowest BCUT2D eigenvalue weighted by Gasteiger charge is -2.28. The van der Waals surface area contributed by atoms with E-state index in [2.05, 4.69) is 15.6 Å². The molecule has 1 fully saturated rings. The fourth-order valence-electron chi connectivity index (χ4n) is 2.79. The van der Waals surface area contributed by atoms with Crippen LogP contribution < -0.4 is 10.6 Å². The molecule has 1 aromatic carbocycles. The average Bonchev–Trinajstić information content (AvgIpc) is 3.05. The van der Waals surface area contributed by atoms with Crippen LogP contribution in [0.3, 0.4) is 0 Å². The van der Waals surface area contributed by atoms with E-state index in [9.17, 15) is 9.90 Å². The van der Waals surface area contributed by atoms with Crippen molar-refractivity contribution in [1.29, 1.82) is 0 Å². The molecule has 2 atom stereocenters. The number of aliphatic hydroxyl groups excluding tert-OH is 1. The first-order chi connectivity index (χ1) is 11.2. The molecule has 2 unspecified atom stereocenters. The maximum atomic E-state index is 12.0. The number of benzene rings is 1. The van der Waals surface area contributed by atoms with E-state index in [0.717, 1.165) is 41.9 Å². The Morgan fingerprint density at radius 3 is 2.83 bits per heavy atom. The summed E-state index contributed by atoms with van der Waals surface area (Å²) in [4.78, 5) is 16.5. The SMILES string of the molecule is O=C(NCc1nc(-c2ccccc2)cs1)NC1CCCCC1O. The number of rotatable bonds is 4. The predicted molar refractivity (Wildman–Crippen MR) is 91.2 cm³/mol. The lowest BCUT2D eigenvalue weighted by Crippen LogP contribution is -2.48. The zero-order chi connectivity index (χ0) is 16.1. The second-order valence-corrected chi connectivity index (χ2v) is 6.72. The monoisotopic (exact) mass is 331 g/mol. The summed E-state index contributed by atoms with van der Waals surface area (Å²) in [6.07, 6.45) is 3.25. The van der Waals surface area contributed by atoms with Crippen LogP contribution in [0.1, 0.15) is 30.7 Å². The highest BCUT2D eigenvalue weighted by molar-refractivity contribution is 7.09. The zero-order valence-electron chi connectivity index (χ0n) is 12.9. The van der Waals surface area contributed by atoms with E-state index in [4.69, 9.17) is 0 Å². The van der Waals surface area contributed by atoms with E-state index in [0.29, 0.717) is 6.54 Å². The number of hydrogen-bond donors (Lipinski definition) is 3. The van der Waals surface area contributed by atoms with Gasteiger partial charge in [-0.3, -0.25) is 0 Å². The Morgan fingerprint density at radius 2 is 2.04 bits per heavy atom. The van der Waals surface area contributed by atoms with E-state index in [1.165, 1.54) is 11.3 Å². The summed E-state index contributed by atoms with van der Waals surface area (Å²) in [5, 5.41) is 18.4. The topological polar surface area (TPSA) is 74.2 Å². The number of thiazole rings is 1. The van der Waals surface area contributed by atoms with Gasteiger partial charge in [-0.2, -0.15) is 0 Å². The van der Waals surface area contributed by atoms with Crippen molar-refractivity contribution >= 4 is 17.4 Å². The second-order valence-electron chi connectivity index (χ2n) is 5.78. The van der Waals surface area contributed by atoms with Gasteiger partial charge in [0, 0.05) is 10.9 Å². The van der Waals surface area contributed by atoms with Gasteiger partial charge >= 0.3 is 6.03 Å². The molecule has 6 heteroatoms. The standard InChI is InChI=1S/C17H21N3O2S/c21-15-9-5-4-8-13(15)20-17(22)18-10-16-19-14(11-23-16)12-6-2-1-3-7-12/h1-3,6-7,11,13,15,21H,4-5,8-10H2,(H2,18,20,22). The summed E-state index contributed by atoms with van der Waals surface area (Å²) >= 11 is 1.53. The third-order valence-electron chi connectivity index (χ3n) is 4.07. The van der Waals surface area contributed by atoms with Gasteiger partial charge < -0.3 is 15.7 Å². The lowest BCUT2D eigenvalue weighted by molar-refractivity contribution is 0.0943. The van der Waals surface area contributed by atoms with Gasteiger partial charge in [-0.1, -0.05) is 43.2 Å². The molecule has 0 radical (unpaired) electrons. The van der Waals surface area contributed by atoms with Gasteiger partial charge in [0.2, 0.25) is 0 Å². The van der Waals surface area contributed by atoms with Crippen LogP contribution in [-0.4, -0.2) is 28.3 Å². The third-order valence-corrected chi connectivity index (χ3v) is 4.92. The summed E-state index contributed by atoms with van der Waals surface area (Å²) in [6, 6.07) is 9.59. The van der Waals surface area contributed by atoms with E-state index < -0.39 is 6.10 Å². The quantitative estimate of drug-likeness (QED) is 0.806. The molecule has 1 aliphatic rings. The molecule has 2 aromatic rings. The van der Waals surface area contributed by atoms with Gasteiger partial charge in [0.05, 0.1) is 24.4 Å². The molecular weight excluding hydrogens is 310 g/mol. The highest BCUT2D eigenvalue weighted by Gasteiger charge is 2.24. The second kappa shape index (κ2) is 7.57. The van der Waals surface area contributed by atoms with Crippen molar-refractivity contribution in [3.05, 3.63) is 40.7 Å². The molecule has 122 valence electrons. The summed E-state index contributed by atoms with van der Waals surface area (Å²) in [5.74, 6) is 0. The largest absolute Gasteiger partial charge is 0.391 e. The average molecular weight is 331 g/mol. The van der Waals surface area contributed by atoms with Crippen molar-refractivity contribution in [2.24, 2.45) is 0 Å². The van der Waals surface area contributed by atoms with Gasteiger partial charge in [0.1, 0.15) is 5.01 Å². The van der Waals surface area contributed by atoms with Gasteiger partial charge in [-0.25, -0.2) is 9.78 Å². The summed E-state index contributed by atoms with van der Waals surface area (Å²) in [7, 11) is 0. The number of carbonyl (C=O) groups is 1. The van der Waals surface area contributed by atoms with E-state index in [1.54, 1.807) is 0 Å². The lowest BCUT2D eigenvalue weighted by atomic mass is 9.93. The number of urea groups is 1. The van der Waals surface area contributed by atoms with Crippen molar-refractivity contribution in [1.82, 2.24) is 15.6 Å². The van der Waals surface area contributed by atoms with Crippen LogP contribution in [-0.2, 0) is 6.54 Å². The molecule has 1 heterocycles. The van der Waals surface area contributed by atoms with Crippen molar-refractivity contribution < 1.29 is 9.90 Å². The van der Waals surface area contributed by atoms with E-state index in [-0.39, 0.29) is 12.1 Å². The van der Waals surface area contributed by atoms with Gasteiger partial charge in [0.15, 0.2) is 0 Å². The molecule has 3 rings (SSSR count). The van der Waals surface area contributed by atoms with Gasteiger partial charge in [0.25, 0.3) is 0 Å². The van der Waals surface area contributed by atoms with Crippen LogP contribution >= 0.6 is 11.3 Å². The fraction of sp³-hybridized carbons (Fsp3) is 0.412. The van der Waals surface area contributed by atoms with Crippen LogP contribution in [0.4, 0.5) is 4.79 Å². The molecule has 1 saturated carbocycles. The highest BCUT2D eigenvalue weighted by atomic mass is 32.1. The molecule has 0 bridgehead atoms. The Bertz CT molecular complexity index is 644. The molecule has 0 saturated heterocycles. The van der Waals surface area contributed by atoms with Crippen molar-refractivity contribution in [2.75, 3.05) is 0 Å². The first kappa shape index (κ1) is 16.0. The first-order valence-electron chi connectivity index (χ1n) is 7.94. The molecule has 3 N–H and O–H groups in total. The predicted octanol–water partition coefficient (Wildman–Crippen LogP) is 2.91. The maximum absolute atomic E-state index is 12.0. The van der Waals surface area contributed by atoms with Crippen molar-refractivity contribution in [2.45, 2.75) is 44.4 Å². The number of nitrogens with one attached hydrogen (secondary N) is 2. The number of aliphatic hydroxyl groups is 1. The summed E-state index contributed by atoms with van der Waals surface area (Å²) < 4.78 is 0. The van der Waals surface area contributed by atoms with Crippen molar-refractivity contribution in [3.63, 3.8) is 0 Å². The summed E-state index contributed by atoms with van der Waals surface area (Å²) in [5.41, 5.74) is 2.00. The fourth-order valence-corrected chi connectivity index (χ4v) is 3.53. The zero-order valence-corrected chi connectivity index (χ0v) is 13.7. The molecule has 0 aliphatic heterocycles. The number of amides is 2. The number of aromatic nitrogens is 1. The highest BCUT2D eigenvalue weighted by Crippen LogP contribution is 2.21. The number of hydrogen-bond acceptors (Lipinski definition) is 4. The van der Waals surface area contributed by atoms with Gasteiger partial charge in [-0.15, -0.1) is 11.3 Å². The molecule has 0 spiro atoms. The van der Waals surface area contributed by atoms with Crippen LogP contribution in [0.5, 0.6) is 0 Å². The van der Waals surface area contributed by atoms with E-state index >= 15 is 0 Å². The third kappa shape index (κ3) is 4.30. The molecular formula is C17H21N3O2S. The van der Waals surface area contributed by atoms with Crippen molar-refractivity contribution in [3.8, 4) is 11.3 Å². The van der Waals surface area contributed by atoms with Crippen LogP contribution in [0.25, 0.3) is 11.3 Å². The Balaban J connectivity index is 1.50. The van der Waals surface area contributed by atoms with Gasteiger partial charge in [-0.05, 0) is 12.8 Å². The minimum Gasteiger partial charge on any atom is -0.391 e. The summed E-state index contributed by atoms with van der Waals surface area (Å²) in [6.45, 7) is 0.395. The normalized spacial score (nSPS) is 20.9.